The molecule has 2 aromatic carbocycles. The summed E-state index contributed by atoms with van der Waals surface area (Å²) in [6.45, 7) is 2.26. The lowest BCUT2D eigenvalue weighted by Crippen LogP contribution is -2.43. The number of aliphatic hydroxyl groups excluding tert-OH is 1. The van der Waals surface area contributed by atoms with Gasteiger partial charge in [-0.25, -0.2) is 13.5 Å². The van der Waals surface area contributed by atoms with E-state index < -0.39 is 6.10 Å². The summed E-state index contributed by atoms with van der Waals surface area (Å²) in [6, 6.07) is 12.8. The molecule has 1 unspecified atom stereocenters. The van der Waals surface area contributed by atoms with Gasteiger partial charge in [0.2, 0.25) is 0 Å². The van der Waals surface area contributed by atoms with Crippen LogP contribution in [0.15, 0.2) is 60.3 Å². The number of hydrogen-bond acceptors (Lipinski definition) is 2. The predicted molar refractivity (Wildman–Crippen MR) is 117 cm³/mol. The topological polar surface area (TPSA) is 38.0 Å². The minimum Gasteiger partial charge on any atom is -0.392 e. The van der Waals surface area contributed by atoms with Crippen LogP contribution in [0.4, 0.5) is 8.78 Å². The molecular formula is C26H26F2N2O. The fourth-order valence-corrected chi connectivity index (χ4v) is 5.49. The molecule has 31 heavy (non-hydrogen) atoms. The molecule has 0 saturated heterocycles. The van der Waals surface area contributed by atoms with Gasteiger partial charge in [0, 0.05) is 0 Å². The number of halogens is 2. The van der Waals surface area contributed by atoms with Gasteiger partial charge < -0.3 is 5.11 Å². The quantitative estimate of drug-likeness (QED) is 0.605. The van der Waals surface area contributed by atoms with Crippen molar-refractivity contribution >= 4 is 6.08 Å². The maximum atomic E-state index is 13.3. The lowest BCUT2D eigenvalue weighted by Gasteiger charge is -2.47. The normalized spacial score (nSPS) is 23.6. The highest BCUT2D eigenvalue weighted by Gasteiger charge is 2.46. The van der Waals surface area contributed by atoms with Crippen LogP contribution in [0.2, 0.25) is 0 Å². The first-order chi connectivity index (χ1) is 14.9. The van der Waals surface area contributed by atoms with Crippen LogP contribution in [-0.4, -0.2) is 21.0 Å². The van der Waals surface area contributed by atoms with Gasteiger partial charge in [-0.1, -0.05) is 24.6 Å². The summed E-state index contributed by atoms with van der Waals surface area (Å²) >= 11 is 0. The van der Waals surface area contributed by atoms with Gasteiger partial charge in [-0.15, -0.1) is 0 Å². The zero-order chi connectivity index (χ0) is 21.6. The first-order valence-corrected chi connectivity index (χ1v) is 10.9. The molecule has 5 heteroatoms. The summed E-state index contributed by atoms with van der Waals surface area (Å²) in [4.78, 5) is 0. The molecule has 0 spiro atoms. The van der Waals surface area contributed by atoms with Gasteiger partial charge >= 0.3 is 0 Å². The number of fused-ring (bicyclic) bond motifs is 2. The van der Waals surface area contributed by atoms with Gasteiger partial charge in [0.05, 0.1) is 23.7 Å². The maximum Gasteiger partial charge on any atom is 0.123 e. The number of aliphatic hydroxyl groups is 1. The molecule has 1 aromatic heterocycles. The van der Waals surface area contributed by atoms with Gasteiger partial charge in [0.1, 0.15) is 11.6 Å². The third kappa shape index (κ3) is 3.61. The van der Waals surface area contributed by atoms with E-state index in [-0.39, 0.29) is 23.0 Å². The standard InChI is InChI=1S/C26H26F2N2O/c1-26-15-18-16-29-30(22-11-9-21(28)10-12-22)24(18)14-19(26)3-2-4-23(26)25(31)13-17-5-7-20(27)8-6-17/h5-12,14,16,23,25,31H,2-4,13,15H2,1H3/t23?,25-,26-/m0/s1. The summed E-state index contributed by atoms with van der Waals surface area (Å²) < 4.78 is 28.5. The molecule has 3 aromatic rings. The number of aromatic nitrogens is 2. The van der Waals surface area contributed by atoms with Crippen molar-refractivity contribution in [3.63, 3.8) is 0 Å². The summed E-state index contributed by atoms with van der Waals surface area (Å²) in [5.74, 6) is -0.396. The lowest BCUT2D eigenvalue weighted by atomic mass is 9.58. The first kappa shape index (κ1) is 20.1. The molecule has 160 valence electrons. The third-order valence-electron chi connectivity index (χ3n) is 7.16. The average Bonchev–Trinajstić information content (AvgIpc) is 3.15. The van der Waals surface area contributed by atoms with Crippen LogP contribution in [0.25, 0.3) is 11.8 Å². The Bertz CT molecular complexity index is 1120. The number of rotatable bonds is 4. The number of allylic oxidation sites excluding steroid dienone is 1. The smallest absolute Gasteiger partial charge is 0.123 e. The van der Waals surface area contributed by atoms with Gasteiger partial charge in [0.15, 0.2) is 0 Å². The van der Waals surface area contributed by atoms with Gasteiger partial charge in [-0.2, -0.15) is 5.10 Å². The van der Waals surface area contributed by atoms with Crippen molar-refractivity contribution in [3.05, 3.63) is 88.8 Å². The largest absolute Gasteiger partial charge is 0.392 e. The summed E-state index contributed by atoms with van der Waals surface area (Å²) in [6.07, 6.45) is 7.99. The van der Waals surface area contributed by atoms with Crippen LogP contribution in [0.3, 0.4) is 0 Å². The minimum absolute atomic E-state index is 0.125. The molecule has 5 rings (SSSR count). The fraction of sp³-hybridized carbons (Fsp3) is 0.346. The predicted octanol–water partition coefficient (Wildman–Crippen LogP) is 5.50. The number of nitrogens with zero attached hydrogens (tertiary/aromatic N) is 2. The third-order valence-corrected chi connectivity index (χ3v) is 7.16. The molecule has 0 bridgehead atoms. The Hall–Kier alpha value is -2.79. The Kier molecular flexibility index (Phi) is 5.01. The Morgan fingerprint density at radius 3 is 2.48 bits per heavy atom. The zero-order valence-electron chi connectivity index (χ0n) is 17.6. The van der Waals surface area contributed by atoms with E-state index in [1.807, 2.05) is 10.9 Å². The molecule has 2 aliphatic carbocycles. The van der Waals surface area contributed by atoms with Crippen molar-refractivity contribution < 1.29 is 13.9 Å². The molecule has 0 radical (unpaired) electrons. The van der Waals surface area contributed by atoms with E-state index in [2.05, 4.69) is 18.1 Å². The highest BCUT2D eigenvalue weighted by Crippen LogP contribution is 2.52. The summed E-state index contributed by atoms with van der Waals surface area (Å²) in [5.41, 5.74) is 5.20. The number of benzene rings is 2. The van der Waals surface area contributed by atoms with E-state index in [4.69, 9.17) is 0 Å². The van der Waals surface area contributed by atoms with Crippen LogP contribution >= 0.6 is 0 Å². The van der Waals surface area contributed by atoms with Crippen molar-refractivity contribution in [1.29, 1.82) is 0 Å². The second-order valence-electron chi connectivity index (χ2n) is 9.10. The second kappa shape index (κ2) is 7.72. The maximum absolute atomic E-state index is 13.3. The molecule has 0 aliphatic heterocycles. The van der Waals surface area contributed by atoms with Gasteiger partial charge in [0.25, 0.3) is 0 Å². The van der Waals surface area contributed by atoms with Crippen LogP contribution in [-0.2, 0) is 12.8 Å². The highest BCUT2D eigenvalue weighted by molar-refractivity contribution is 5.61. The molecule has 0 amide bonds. The first-order valence-electron chi connectivity index (χ1n) is 10.9. The van der Waals surface area contributed by atoms with E-state index in [1.165, 1.54) is 29.8 Å². The van der Waals surface area contributed by atoms with E-state index in [9.17, 15) is 13.9 Å². The second-order valence-corrected chi connectivity index (χ2v) is 9.10. The summed E-state index contributed by atoms with van der Waals surface area (Å²) in [7, 11) is 0. The van der Waals surface area contributed by atoms with Crippen LogP contribution < -0.4 is 0 Å². The molecular weight excluding hydrogens is 394 g/mol. The van der Waals surface area contributed by atoms with Gasteiger partial charge in [-0.05, 0) is 97.0 Å². The van der Waals surface area contributed by atoms with Crippen molar-refractivity contribution in [1.82, 2.24) is 9.78 Å². The number of hydrogen-bond donors (Lipinski definition) is 1. The minimum atomic E-state index is -0.493. The molecule has 2 aliphatic rings. The van der Waals surface area contributed by atoms with Crippen LogP contribution in [0.5, 0.6) is 0 Å². The average molecular weight is 421 g/mol. The van der Waals surface area contributed by atoms with E-state index in [0.29, 0.717) is 6.42 Å². The summed E-state index contributed by atoms with van der Waals surface area (Å²) in [5, 5.41) is 15.8. The van der Waals surface area contributed by atoms with Crippen molar-refractivity contribution in [2.75, 3.05) is 0 Å². The van der Waals surface area contributed by atoms with Crippen molar-refractivity contribution in [3.8, 4) is 5.69 Å². The van der Waals surface area contributed by atoms with Gasteiger partial charge in [-0.3, -0.25) is 0 Å². The molecule has 1 heterocycles. The zero-order valence-corrected chi connectivity index (χ0v) is 17.6. The lowest BCUT2D eigenvalue weighted by molar-refractivity contribution is 0.0234. The Balaban J connectivity index is 1.44. The van der Waals surface area contributed by atoms with Crippen molar-refractivity contribution in [2.24, 2.45) is 11.3 Å². The van der Waals surface area contributed by atoms with Crippen molar-refractivity contribution in [2.45, 2.75) is 45.1 Å². The van der Waals surface area contributed by atoms with Crippen LogP contribution in [0, 0.1) is 23.0 Å². The highest BCUT2D eigenvalue weighted by atomic mass is 19.1. The Labute approximate surface area is 181 Å². The molecule has 3 nitrogen and oxygen atoms in total. The van der Waals surface area contributed by atoms with E-state index in [0.717, 1.165) is 48.2 Å². The monoisotopic (exact) mass is 420 g/mol. The molecule has 3 atom stereocenters. The Morgan fingerprint density at radius 2 is 1.77 bits per heavy atom. The Morgan fingerprint density at radius 1 is 1.10 bits per heavy atom. The fourth-order valence-electron chi connectivity index (χ4n) is 5.49. The molecule has 1 fully saturated rings. The van der Waals surface area contributed by atoms with E-state index in [1.54, 1.807) is 24.3 Å². The van der Waals surface area contributed by atoms with Crippen LogP contribution in [0.1, 0.15) is 43.0 Å². The molecule has 1 N–H and O–H groups in total. The SMILES string of the molecule is C[C@]12Cc3cnn(-c4ccc(F)cc4)c3C=C1CCCC2[C@@H](O)Cc1ccc(F)cc1. The van der Waals surface area contributed by atoms with E-state index >= 15 is 0 Å². The molecule has 1 saturated carbocycles.